The van der Waals surface area contributed by atoms with Crippen molar-refractivity contribution in [2.75, 3.05) is 6.61 Å². The van der Waals surface area contributed by atoms with Crippen LogP contribution in [0, 0.1) is 5.92 Å². The molecule has 1 heterocycles. The monoisotopic (exact) mass is 426 g/mol. The van der Waals surface area contributed by atoms with E-state index in [1.54, 1.807) is 6.20 Å². The first kappa shape index (κ1) is 18.9. The summed E-state index contributed by atoms with van der Waals surface area (Å²) in [5.74, 6) is -0.789. The summed E-state index contributed by atoms with van der Waals surface area (Å²) in [6, 6.07) is 0. The number of carboxylic acid groups (broad SMARTS) is 1. The summed E-state index contributed by atoms with van der Waals surface area (Å²) in [4.78, 5) is 27.5. The smallest absolute Gasteiger partial charge is 0.408 e. The van der Waals surface area contributed by atoms with Crippen LogP contribution in [-0.2, 0) is 22.4 Å². The molecule has 3 rings (SSSR count). The van der Waals surface area contributed by atoms with Crippen molar-refractivity contribution < 1.29 is 24.2 Å². The van der Waals surface area contributed by atoms with Gasteiger partial charge in [0.25, 0.3) is 0 Å². The van der Waals surface area contributed by atoms with Gasteiger partial charge in [0.05, 0.1) is 15.9 Å². The van der Waals surface area contributed by atoms with Crippen LogP contribution < -0.4 is 10.1 Å². The van der Waals surface area contributed by atoms with Crippen molar-refractivity contribution >= 4 is 28.0 Å². The number of aromatic nitrogens is 1. The summed E-state index contributed by atoms with van der Waals surface area (Å²) < 4.78 is 11.8. The Hall–Kier alpha value is -1.83. The molecule has 1 unspecified atom stereocenters. The van der Waals surface area contributed by atoms with E-state index in [0.717, 1.165) is 24.0 Å². The summed E-state index contributed by atoms with van der Waals surface area (Å²) in [7, 11) is 0. The second-order valence-corrected chi connectivity index (χ2v) is 8.81. The number of carbonyl (C=O) groups is 2. The molecule has 2 N–H and O–H groups in total. The Bertz CT molecular complexity index is 740. The minimum Gasteiger partial charge on any atom is -0.481 e. The van der Waals surface area contributed by atoms with Crippen LogP contribution in [0.5, 0.6) is 5.88 Å². The molecular weight excluding hydrogens is 404 g/mol. The van der Waals surface area contributed by atoms with E-state index in [2.05, 4.69) is 26.2 Å². The Morgan fingerprint density at radius 2 is 2.08 bits per heavy atom. The molecule has 1 aromatic rings. The number of hydrogen-bond acceptors (Lipinski definition) is 5. The highest BCUT2D eigenvalue weighted by Gasteiger charge is 2.46. The molecule has 1 fully saturated rings. The second-order valence-electron chi connectivity index (χ2n) is 8.02. The maximum atomic E-state index is 12.0. The number of rotatable bonds is 5. The van der Waals surface area contributed by atoms with E-state index in [1.807, 2.05) is 20.8 Å². The summed E-state index contributed by atoms with van der Waals surface area (Å²) in [5, 5.41) is 12.1. The SMILES string of the molecule is CC(C)(C)OC(=O)NC1(COc2ncc3c(c2Br)CC(C(=O)O)C3)CC1. The highest BCUT2D eigenvalue weighted by Crippen LogP contribution is 2.39. The number of hydrogen-bond donors (Lipinski definition) is 2. The lowest BCUT2D eigenvalue weighted by Gasteiger charge is -2.23. The lowest BCUT2D eigenvalue weighted by Crippen LogP contribution is -2.44. The van der Waals surface area contributed by atoms with E-state index in [1.165, 1.54) is 0 Å². The number of nitrogens with one attached hydrogen (secondary N) is 1. The number of amides is 1. The zero-order chi connectivity index (χ0) is 19.1. The number of nitrogens with zero attached hydrogens (tertiary/aromatic N) is 1. The van der Waals surface area contributed by atoms with Crippen LogP contribution in [-0.4, -0.2) is 39.9 Å². The Morgan fingerprint density at radius 3 is 2.65 bits per heavy atom. The summed E-state index contributed by atoms with van der Waals surface area (Å²) in [6.07, 6.45) is 3.81. The van der Waals surface area contributed by atoms with E-state index >= 15 is 0 Å². The van der Waals surface area contributed by atoms with Crippen LogP contribution in [0.15, 0.2) is 10.7 Å². The summed E-state index contributed by atoms with van der Waals surface area (Å²) in [5.41, 5.74) is 0.898. The number of carbonyl (C=O) groups excluding carboxylic acids is 1. The van der Waals surface area contributed by atoms with Gasteiger partial charge in [-0.2, -0.15) is 0 Å². The third kappa shape index (κ3) is 4.28. The van der Waals surface area contributed by atoms with Crippen molar-refractivity contribution in [2.24, 2.45) is 5.92 Å². The van der Waals surface area contributed by atoms with Crippen molar-refractivity contribution in [3.63, 3.8) is 0 Å². The Balaban J connectivity index is 1.62. The molecular formula is C18H23BrN2O5. The van der Waals surface area contributed by atoms with Gasteiger partial charge in [-0.1, -0.05) is 0 Å². The Labute approximate surface area is 160 Å². The molecule has 0 spiro atoms. The molecule has 0 aromatic carbocycles. The number of aliphatic carboxylic acids is 1. The highest BCUT2D eigenvalue weighted by atomic mass is 79.9. The van der Waals surface area contributed by atoms with Gasteiger partial charge in [-0.25, -0.2) is 9.78 Å². The van der Waals surface area contributed by atoms with Crippen LogP contribution >= 0.6 is 15.9 Å². The predicted molar refractivity (Wildman–Crippen MR) is 97.3 cm³/mol. The Kier molecular flexibility index (Phi) is 4.90. The van der Waals surface area contributed by atoms with Crippen molar-refractivity contribution in [1.29, 1.82) is 0 Å². The van der Waals surface area contributed by atoms with E-state index in [0.29, 0.717) is 29.8 Å². The van der Waals surface area contributed by atoms with Gasteiger partial charge in [-0.3, -0.25) is 4.79 Å². The van der Waals surface area contributed by atoms with Gasteiger partial charge in [-0.15, -0.1) is 0 Å². The van der Waals surface area contributed by atoms with Crippen molar-refractivity contribution in [3.05, 3.63) is 21.8 Å². The molecule has 0 saturated heterocycles. The highest BCUT2D eigenvalue weighted by molar-refractivity contribution is 9.10. The largest absolute Gasteiger partial charge is 0.481 e. The molecule has 1 amide bonds. The van der Waals surface area contributed by atoms with Gasteiger partial charge in [-0.05, 0) is 73.5 Å². The van der Waals surface area contributed by atoms with Crippen LogP contribution in [0.25, 0.3) is 0 Å². The number of pyridine rings is 1. The van der Waals surface area contributed by atoms with Crippen molar-refractivity contribution in [3.8, 4) is 5.88 Å². The number of ether oxygens (including phenoxy) is 2. The summed E-state index contributed by atoms with van der Waals surface area (Å²) >= 11 is 3.50. The molecule has 142 valence electrons. The van der Waals surface area contributed by atoms with E-state index in [4.69, 9.17) is 9.47 Å². The van der Waals surface area contributed by atoms with Crippen LogP contribution in [0.1, 0.15) is 44.7 Å². The van der Waals surface area contributed by atoms with Crippen molar-refractivity contribution in [1.82, 2.24) is 10.3 Å². The summed E-state index contributed by atoms with van der Waals surface area (Å²) in [6.45, 7) is 5.74. The fraction of sp³-hybridized carbons (Fsp3) is 0.611. The van der Waals surface area contributed by atoms with E-state index in [-0.39, 0.29) is 0 Å². The Morgan fingerprint density at radius 1 is 1.38 bits per heavy atom. The quantitative estimate of drug-likeness (QED) is 0.750. The molecule has 1 aromatic heterocycles. The number of carboxylic acids is 1. The minimum absolute atomic E-state index is 0.291. The fourth-order valence-electron chi connectivity index (χ4n) is 2.98. The van der Waals surface area contributed by atoms with Gasteiger partial charge in [0.2, 0.25) is 5.88 Å². The number of halogens is 1. The maximum absolute atomic E-state index is 12.0. The molecule has 7 nitrogen and oxygen atoms in total. The molecule has 2 aliphatic rings. The van der Waals surface area contributed by atoms with Crippen LogP contribution in [0.3, 0.4) is 0 Å². The average Bonchev–Trinajstić information content (AvgIpc) is 3.11. The van der Waals surface area contributed by atoms with Gasteiger partial charge < -0.3 is 19.9 Å². The standard InChI is InChI=1S/C18H23BrN2O5/c1-17(2,3)26-16(24)21-18(4-5-18)9-25-14-13(19)12-7-10(15(22)23)6-11(12)8-20-14/h8,10H,4-7,9H2,1-3H3,(H,21,24)(H,22,23). The zero-order valence-corrected chi connectivity index (χ0v) is 16.7. The van der Waals surface area contributed by atoms with Gasteiger partial charge in [0, 0.05) is 6.20 Å². The van der Waals surface area contributed by atoms with E-state index in [9.17, 15) is 14.7 Å². The molecule has 1 saturated carbocycles. The molecule has 0 radical (unpaired) electrons. The van der Waals surface area contributed by atoms with Gasteiger partial charge in [0.1, 0.15) is 12.2 Å². The maximum Gasteiger partial charge on any atom is 0.408 e. The molecule has 0 bridgehead atoms. The molecule has 8 heteroatoms. The lowest BCUT2D eigenvalue weighted by atomic mass is 10.1. The normalized spacial score (nSPS) is 20.2. The first-order chi connectivity index (χ1) is 12.1. The fourth-order valence-corrected chi connectivity index (χ4v) is 3.61. The minimum atomic E-state index is -0.797. The third-order valence-electron chi connectivity index (χ3n) is 4.55. The van der Waals surface area contributed by atoms with Gasteiger partial charge in [0.15, 0.2) is 0 Å². The van der Waals surface area contributed by atoms with Crippen LogP contribution in [0.2, 0.25) is 0 Å². The number of alkyl carbamates (subject to hydrolysis) is 1. The first-order valence-electron chi connectivity index (χ1n) is 8.62. The van der Waals surface area contributed by atoms with Crippen LogP contribution in [0.4, 0.5) is 4.79 Å². The molecule has 0 aliphatic heterocycles. The van der Waals surface area contributed by atoms with E-state index < -0.39 is 29.1 Å². The molecule has 1 atom stereocenters. The zero-order valence-electron chi connectivity index (χ0n) is 15.1. The average molecular weight is 427 g/mol. The molecule has 26 heavy (non-hydrogen) atoms. The third-order valence-corrected chi connectivity index (χ3v) is 5.37. The lowest BCUT2D eigenvalue weighted by molar-refractivity contribution is -0.141. The topological polar surface area (TPSA) is 97.8 Å². The van der Waals surface area contributed by atoms with Crippen molar-refractivity contribution in [2.45, 2.75) is 57.6 Å². The second kappa shape index (κ2) is 6.72. The first-order valence-corrected chi connectivity index (χ1v) is 9.41. The van der Waals surface area contributed by atoms with Gasteiger partial charge >= 0.3 is 12.1 Å². The number of fused-ring (bicyclic) bond motifs is 1. The molecule has 2 aliphatic carbocycles. The predicted octanol–water partition coefficient (Wildman–Crippen LogP) is 3.08.